The van der Waals surface area contributed by atoms with Crippen molar-refractivity contribution in [1.29, 1.82) is 0 Å². The van der Waals surface area contributed by atoms with Crippen molar-refractivity contribution in [2.24, 2.45) is 17.8 Å². The highest BCUT2D eigenvalue weighted by molar-refractivity contribution is 5.91. The Hall–Kier alpha value is -1.59. The molecule has 2 saturated carbocycles. The van der Waals surface area contributed by atoms with Crippen LogP contribution in [0.1, 0.15) is 12.8 Å². The molecule has 0 amide bonds. The van der Waals surface area contributed by atoms with Crippen LogP contribution in [0.3, 0.4) is 0 Å². The molecule has 5 N–H and O–H groups in total. The van der Waals surface area contributed by atoms with Gasteiger partial charge in [0.2, 0.25) is 0 Å². The van der Waals surface area contributed by atoms with Gasteiger partial charge >= 0.3 is 5.97 Å². The minimum atomic E-state index is -1.55. The third-order valence-electron chi connectivity index (χ3n) is 6.92. The van der Waals surface area contributed by atoms with Crippen LogP contribution in [0.2, 0.25) is 0 Å². The second-order valence-electron chi connectivity index (χ2n) is 8.62. The van der Waals surface area contributed by atoms with E-state index in [0.717, 1.165) is 5.57 Å². The van der Waals surface area contributed by atoms with Gasteiger partial charge in [-0.25, -0.2) is 4.79 Å². The number of carbonyl (C=O) groups excluding carboxylic acids is 1. The molecule has 9 heteroatoms. The van der Waals surface area contributed by atoms with Gasteiger partial charge in [-0.15, -0.1) is 0 Å². The van der Waals surface area contributed by atoms with Crippen LogP contribution in [-0.2, 0) is 19.0 Å². The summed E-state index contributed by atoms with van der Waals surface area (Å²) in [5.41, 5.74) is 1.61. The third kappa shape index (κ3) is 3.25. The van der Waals surface area contributed by atoms with Gasteiger partial charge in [0, 0.05) is 11.5 Å². The fraction of sp³-hybridized carbons (Fsp3) is 0.667. The number of carbonyl (C=O) groups is 1. The molecular weight excluding hydrogens is 396 g/mol. The lowest BCUT2D eigenvalue weighted by Crippen LogP contribution is -2.59. The van der Waals surface area contributed by atoms with E-state index in [1.165, 1.54) is 0 Å². The first-order valence-electron chi connectivity index (χ1n) is 10.1. The van der Waals surface area contributed by atoms with E-state index in [1.807, 2.05) is 0 Å². The van der Waals surface area contributed by atoms with Crippen molar-refractivity contribution in [3.8, 4) is 0 Å². The number of fused-ring (bicyclic) bond motifs is 3. The Morgan fingerprint density at radius 2 is 1.73 bits per heavy atom. The van der Waals surface area contributed by atoms with Gasteiger partial charge in [-0.3, -0.25) is 0 Å². The maximum atomic E-state index is 12.1. The average Bonchev–Trinajstić information content (AvgIpc) is 3.15. The van der Waals surface area contributed by atoms with Gasteiger partial charge in [-0.05, 0) is 24.3 Å². The molecule has 2 saturated heterocycles. The first-order chi connectivity index (χ1) is 14.1. The van der Waals surface area contributed by atoms with Crippen LogP contribution in [0.4, 0.5) is 0 Å². The predicted molar refractivity (Wildman–Crippen MR) is 102 cm³/mol. The van der Waals surface area contributed by atoms with Gasteiger partial charge in [-0.2, -0.15) is 0 Å². The number of ether oxygens (including phenoxy) is 3. The highest BCUT2D eigenvalue weighted by Crippen LogP contribution is 2.53. The maximum Gasteiger partial charge on any atom is 0.334 e. The van der Waals surface area contributed by atoms with Gasteiger partial charge < -0.3 is 39.7 Å². The zero-order chi connectivity index (χ0) is 21.9. The molecule has 9 nitrogen and oxygen atoms in total. The molecule has 11 atom stereocenters. The monoisotopic (exact) mass is 424 g/mol. The van der Waals surface area contributed by atoms with E-state index in [1.54, 1.807) is 0 Å². The molecule has 0 aromatic carbocycles. The molecule has 2 aliphatic carbocycles. The lowest BCUT2D eigenvalue weighted by atomic mass is 9.81. The van der Waals surface area contributed by atoms with Crippen LogP contribution in [-0.4, -0.2) is 87.1 Å². The summed E-state index contributed by atoms with van der Waals surface area (Å²) in [6.45, 7) is 11.5. The van der Waals surface area contributed by atoms with Gasteiger partial charge in [0.15, 0.2) is 6.29 Å². The molecular formula is C21H28O9. The van der Waals surface area contributed by atoms with E-state index in [-0.39, 0.29) is 23.8 Å². The van der Waals surface area contributed by atoms with Crippen LogP contribution < -0.4 is 0 Å². The van der Waals surface area contributed by atoms with Crippen LogP contribution in [0.25, 0.3) is 0 Å². The average molecular weight is 424 g/mol. The number of aliphatic hydroxyl groups excluding tert-OH is 5. The van der Waals surface area contributed by atoms with Crippen molar-refractivity contribution in [2.45, 2.75) is 61.9 Å². The molecule has 0 spiro atoms. The van der Waals surface area contributed by atoms with Gasteiger partial charge in [0.1, 0.15) is 30.5 Å². The summed E-state index contributed by atoms with van der Waals surface area (Å²) >= 11 is 0. The van der Waals surface area contributed by atoms with Crippen molar-refractivity contribution < 1.29 is 44.5 Å². The Balaban J connectivity index is 1.56. The zero-order valence-electron chi connectivity index (χ0n) is 16.5. The molecule has 4 fully saturated rings. The Kier molecular flexibility index (Phi) is 5.65. The number of hydrogen-bond acceptors (Lipinski definition) is 9. The molecule has 9 unspecified atom stereocenters. The van der Waals surface area contributed by atoms with Gasteiger partial charge in [0.05, 0.1) is 24.7 Å². The van der Waals surface area contributed by atoms with Crippen molar-refractivity contribution in [3.05, 3.63) is 36.5 Å². The van der Waals surface area contributed by atoms with Crippen molar-refractivity contribution in [2.75, 3.05) is 6.61 Å². The minimum Gasteiger partial charge on any atom is -0.458 e. The third-order valence-corrected chi connectivity index (χ3v) is 6.92. The number of hydrogen-bond donors (Lipinski definition) is 5. The molecule has 4 aliphatic rings. The second kappa shape index (κ2) is 7.83. The van der Waals surface area contributed by atoms with Crippen LogP contribution in [0.5, 0.6) is 0 Å². The van der Waals surface area contributed by atoms with Crippen molar-refractivity contribution in [3.63, 3.8) is 0 Å². The molecule has 4 rings (SSSR count). The van der Waals surface area contributed by atoms with Crippen LogP contribution in [0, 0.1) is 17.8 Å². The molecule has 2 heterocycles. The normalized spacial score (nSPS) is 48.9. The van der Waals surface area contributed by atoms with E-state index in [2.05, 4.69) is 19.7 Å². The highest BCUT2D eigenvalue weighted by Gasteiger charge is 2.56. The summed E-state index contributed by atoms with van der Waals surface area (Å²) in [6.07, 6.45) is -8.30. The molecule has 0 bridgehead atoms. The zero-order valence-corrected chi connectivity index (χ0v) is 16.5. The van der Waals surface area contributed by atoms with E-state index in [9.17, 15) is 30.3 Å². The summed E-state index contributed by atoms with van der Waals surface area (Å²) in [7, 11) is 0. The predicted octanol–water partition coefficient (Wildman–Crippen LogP) is -1.22. The number of esters is 1. The Labute approximate surface area is 173 Å². The van der Waals surface area contributed by atoms with E-state index in [0.29, 0.717) is 12.0 Å². The van der Waals surface area contributed by atoms with E-state index >= 15 is 0 Å². The molecule has 0 aromatic heterocycles. The summed E-state index contributed by atoms with van der Waals surface area (Å²) in [6, 6.07) is 0. The lowest BCUT2D eigenvalue weighted by Gasteiger charge is -2.40. The summed E-state index contributed by atoms with van der Waals surface area (Å²) in [4.78, 5) is 12.1. The summed E-state index contributed by atoms with van der Waals surface area (Å²) in [5.74, 6) is -1.62. The second-order valence-corrected chi connectivity index (χ2v) is 8.62. The molecule has 0 radical (unpaired) electrons. The SMILES string of the molecule is C=C1C(=O)OC2C1C(O)CC(=C)[C@H]1CC(OC3OC(CO)C(O)C(O)C3O)C(=C)[C@@H]21. The maximum absolute atomic E-state index is 12.1. The summed E-state index contributed by atoms with van der Waals surface area (Å²) < 4.78 is 16.9. The van der Waals surface area contributed by atoms with Crippen LogP contribution >= 0.6 is 0 Å². The first kappa shape index (κ1) is 21.6. The number of rotatable bonds is 3. The Bertz CT molecular complexity index is 762. The molecule has 2 aliphatic heterocycles. The lowest BCUT2D eigenvalue weighted by molar-refractivity contribution is -0.308. The van der Waals surface area contributed by atoms with Crippen LogP contribution in [0.15, 0.2) is 36.5 Å². The Morgan fingerprint density at radius 1 is 1.03 bits per heavy atom. The number of aliphatic hydroxyl groups is 5. The standard InChI is InChI=1S/C21H28O9/c1-7-4-11(23)15-9(3)20(27)30-19(15)14-8(2)12(5-10(7)14)28-21-18(26)17(25)16(24)13(6-22)29-21/h10-19,21-26H,1-6H2/t10-,11?,12?,13?,14-,15?,16?,17?,18?,19?,21?/m1/s1. The Morgan fingerprint density at radius 3 is 2.40 bits per heavy atom. The summed E-state index contributed by atoms with van der Waals surface area (Å²) in [5, 5.41) is 50.2. The topological polar surface area (TPSA) is 146 Å². The van der Waals surface area contributed by atoms with Gasteiger partial charge in [-0.1, -0.05) is 25.3 Å². The van der Waals surface area contributed by atoms with E-state index in [4.69, 9.17) is 14.2 Å². The molecule has 0 aromatic rings. The molecule has 166 valence electrons. The fourth-order valence-electron chi connectivity index (χ4n) is 5.25. The first-order valence-corrected chi connectivity index (χ1v) is 10.1. The smallest absolute Gasteiger partial charge is 0.334 e. The highest BCUT2D eigenvalue weighted by atomic mass is 16.7. The van der Waals surface area contributed by atoms with Gasteiger partial charge in [0.25, 0.3) is 0 Å². The van der Waals surface area contributed by atoms with Crippen molar-refractivity contribution >= 4 is 5.97 Å². The van der Waals surface area contributed by atoms with E-state index < -0.39 is 67.5 Å². The van der Waals surface area contributed by atoms with Crippen molar-refractivity contribution in [1.82, 2.24) is 0 Å². The fourth-order valence-corrected chi connectivity index (χ4v) is 5.25. The largest absolute Gasteiger partial charge is 0.458 e. The minimum absolute atomic E-state index is 0.171. The molecule has 30 heavy (non-hydrogen) atoms. The quantitative estimate of drug-likeness (QED) is 0.214.